The molecule has 9 heteroatoms. The average molecular weight is 443 g/mol. The molecule has 172 valence electrons. The fourth-order valence-electron chi connectivity index (χ4n) is 4.74. The third kappa shape index (κ3) is 6.09. The fourth-order valence-corrected chi connectivity index (χ4v) is 6.42. The zero-order valence-corrected chi connectivity index (χ0v) is 19.2. The summed E-state index contributed by atoms with van der Waals surface area (Å²) in [4.78, 5) is 29.1. The standard InChI is InChI=1S/C21H38N4O4S/c1-2-3-17-30(28,29)25-11-9-18(10-12-25)20(26)23-13-15-24(16-14-23)21(27)22-19-7-5-4-6-8-19/h18-19H,2-17H2,1H3,(H,22,27). The topological polar surface area (TPSA) is 90.0 Å². The molecule has 2 heterocycles. The fraction of sp³-hybridized carbons (Fsp3) is 0.905. The van der Waals surface area contributed by atoms with Crippen LogP contribution < -0.4 is 5.32 Å². The maximum atomic E-state index is 12.9. The summed E-state index contributed by atoms with van der Waals surface area (Å²) in [6.45, 7) is 5.11. The lowest BCUT2D eigenvalue weighted by atomic mass is 9.95. The highest BCUT2D eigenvalue weighted by atomic mass is 32.2. The second-order valence-corrected chi connectivity index (χ2v) is 11.0. The minimum atomic E-state index is -3.19. The molecular formula is C21H38N4O4S. The molecule has 0 aromatic rings. The van der Waals surface area contributed by atoms with E-state index < -0.39 is 10.0 Å². The van der Waals surface area contributed by atoms with E-state index in [-0.39, 0.29) is 23.6 Å². The van der Waals surface area contributed by atoms with Crippen molar-refractivity contribution < 1.29 is 18.0 Å². The smallest absolute Gasteiger partial charge is 0.317 e. The van der Waals surface area contributed by atoms with Gasteiger partial charge < -0.3 is 15.1 Å². The first-order chi connectivity index (χ1) is 14.4. The summed E-state index contributed by atoms with van der Waals surface area (Å²) in [5, 5.41) is 3.15. The van der Waals surface area contributed by atoms with Crippen molar-refractivity contribution in [3.05, 3.63) is 0 Å². The number of urea groups is 1. The molecular weight excluding hydrogens is 404 g/mol. The van der Waals surface area contributed by atoms with Crippen molar-refractivity contribution >= 4 is 22.0 Å². The molecule has 2 aliphatic heterocycles. The van der Waals surface area contributed by atoms with Gasteiger partial charge in [0.15, 0.2) is 0 Å². The molecule has 0 bridgehead atoms. The van der Waals surface area contributed by atoms with E-state index in [1.54, 1.807) is 4.31 Å². The summed E-state index contributed by atoms with van der Waals surface area (Å²) in [5.74, 6) is 0.214. The van der Waals surface area contributed by atoms with Gasteiger partial charge in [0.25, 0.3) is 0 Å². The Hall–Kier alpha value is -1.35. The molecule has 1 saturated carbocycles. The molecule has 3 aliphatic rings. The number of nitrogens with one attached hydrogen (secondary N) is 1. The Bertz CT molecular complexity index is 677. The molecule has 1 aliphatic carbocycles. The predicted molar refractivity (Wildman–Crippen MR) is 117 cm³/mol. The first-order valence-electron chi connectivity index (χ1n) is 11.7. The van der Waals surface area contributed by atoms with E-state index in [1.165, 1.54) is 19.3 Å². The van der Waals surface area contributed by atoms with E-state index in [0.717, 1.165) is 19.3 Å². The van der Waals surface area contributed by atoms with Gasteiger partial charge in [0.05, 0.1) is 5.75 Å². The van der Waals surface area contributed by atoms with Crippen molar-refractivity contribution in [2.75, 3.05) is 45.0 Å². The maximum absolute atomic E-state index is 12.9. The Morgan fingerprint density at radius 3 is 2.07 bits per heavy atom. The quantitative estimate of drug-likeness (QED) is 0.681. The number of piperidine rings is 1. The molecule has 0 aromatic carbocycles. The predicted octanol–water partition coefficient (Wildman–Crippen LogP) is 2.01. The lowest BCUT2D eigenvalue weighted by molar-refractivity contribution is -0.138. The number of nitrogens with zero attached hydrogens (tertiary/aromatic N) is 3. The van der Waals surface area contributed by atoms with Crippen molar-refractivity contribution in [1.82, 2.24) is 19.4 Å². The van der Waals surface area contributed by atoms with Crippen LogP contribution in [0, 0.1) is 5.92 Å². The van der Waals surface area contributed by atoms with Gasteiger partial charge in [0.1, 0.15) is 0 Å². The van der Waals surface area contributed by atoms with Gasteiger partial charge in [-0.05, 0) is 32.1 Å². The molecule has 0 unspecified atom stereocenters. The highest BCUT2D eigenvalue weighted by molar-refractivity contribution is 7.89. The summed E-state index contributed by atoms with van der Waals surface area (Å²) in [7, 11) is -3.19. The van der Waals surface area contributed by atoms with Gasteiger partial charge in [0.2, 0.25) is 15.9 Å². The second-order valence-electron chi connectivity index (χ2n) is 8.94. The number of hydrogen-bond acceptors (Lipinski definition) is 4. The van der Waals surface area contributed by atoms with E-state index >= 15 is 0 Å². The Balaban J connectivity index is 1.40. The van der Waals surface area contributed by atoms with Gasteiger partial charge in [-0.25, -0.2) is 17.5 Å². The number of piperazine rings is 1. The van der Waals surface area contributed by atoms with Gasteiger partial charge >= 0.3 is 6.03 Å². The number of unbranched alkanes of at least 4 members (excludes halogenated alkanes) is 1. The molecule has 0 radical (unpaired) electrons. The van der Waals surface area contributed by atoms with Crippen LogP contribution in [-0.4, -0.2) is 85.5 Å². The number of amides is 3. The van der Waals surface area contributed by atoms with Crippen LogP contribution in [0.4, 0.5) is 4.79 Å². The highest BCUT2D eigenvalue weighted by Gasteiger charge is 2.34. The zero-order chi connectivity index (χ0) is 21.6. The number of carbonyl (C=O) groups excluding carboxylic acids is 2. The molecule has 2 saturated heterocycles. The van der Waals surface area contributed by atoms with Crippen LogP contribution in [0.15, 0.2) is 0 Å². The van der Waals surface area contributed by atoms with E-state index in [1.807, 2.05) is 16.7 Å². The van der Waals surface area contributed by atoms with E-state index in [9.17, 15) is 18.0 Å². The lowest BCUT2D eigenvalue weighted by Crippen LogP contribution is -2.56. The van der Waals surface area contributed by atoms with Crippen LogP contribution in [0.5, 0.6) is 0 Å². The summed E-state index contributed by atoms with van der Waals surface area (Å²) in [6.07, 6.45) is 8.49. The first kappa shape index (κ1) is 23.3. The second kappa shape index (κ2) is 10.8. The van der Waals surface area contributed by atoms with Crippen LogP contribution in [0.2, 0.25) is 0 Å². The van der Waals surface area contributed by atoms with Gasteiger partial charge in [-0.1, -0.05) is 32.6 Å². The molecule has 30 heavy (non-hydrogen) atoms. The number of rotatable bonds is 6. The average Bonchev–Trinajstić information content (AvgIpc) is 2.78. The number of hydrogen-bond donors (Lipinski definition) is 1. The van der Waals surface area contributed by atoms with Crippen molar-refractivity contribution in [3.63, 3.8) is 0 Å². The SMILES string of the molecule is CCCCS(=O)(=O)N1CCC(C(=O)N2CCN(C(=O)NC3CCCCC3)CC2)CC1. The Kier molecular flexibility index (Phi) is 8.39. The van der Waals surface area contributed by atoms with E-state index in [4.69, 9.17) is 0 Å². The third-order valence-corrected chi connectivity index (χ3v) is 8.72. The minimum Gasteiger partial charge on any atom is -0.339 e. The molecule has 8 nitrogen and oxygen atoms in total. The van der Waals surface area contributed by atoms with Gasteiger partial charge in [-0.15, -0.1) is 0 Å². The summed E-state index contributed by atoms with van der Waals surface area (Å²) in [5.41, 5.74) is 0. The summed E-state index contributed by atoms with van der Waals surface area (Å²) < 4.78 is 26.3. The van der Waals surface area contributed by atoms with E-state index in [2.05, 4.69) is 5.32 Å². The molecule has 1 N–H and O–H groups in total. The lowest BCUT2D eigenvalue weighted by Gasteiger charge is -2.39. The molecule has 3 fully saturated rings. The molecule has 0 aromatic heterocycles. The van der Waals surface area contributed by atoms with Crippen LogP contribution in [0.1, 0.15) is 64.7 Å². The largest absolute Gasteiger partial charge is 0.339 e. The van der Waals surface area contributed by atoms with Crippen LogP contribution >= 0.6 is 0 Å². The summed E-state index contributed by atoms with van der Waals surface area (Å²) in [6, 6.07) is 0.296. The normalized spacial score (nSPS) is 22.8. The highest BCUT2D eigenvalue weighted by Crippen LogP contribution is 2.23. The monoisotopic (exact) mass is 442 g/mol. The van der Waals surface area contributed by atoms with Crippen molar-refractivity contribution in [1.29, 1.82) is 0 Å². The van der Waals surface area contributed by atoms with Gasteiger partial charge in [0, 0.05) is 51.2 Å². The maximum Gasteiger partial charge on any atom is 0.317 e. The molecule has 0 atom stereocenters. The Morgan fingerprint density at radius 1 is 0.867 bits per heavy atom. The summed E-state index contributed by atoms with van der Waals surface area (Å²) >= 11 is 0. The van der Waals surface area contributed by atoms with Crippen LogP contribution in [0.25, 0.3) is 0 Å². The zero-order valence-electron chi connectivity index (χ0n) is 18.4. The van der Waals surface area contributed by atoms with E-state index in [0.29, 0.717) is 64.6 Å². The van der Waals surface area contributed by atoms with Gasteiger partial charge in [-0.2, -0.15) is 0 Å². The number of sulfonamides is 1. The third-order valence-electron chi connectivity index (χ3n) is 6.76. The van der Waals surface area contributed by atoms with Crippen molar-refractivity contribution in [2.24, 2.45) is 5.92 Å². The van der Waals surface area contributed by atoms with Crippen molar-refractivity contribution in [3.8, 4) is 0 Å². The van der Waals surface area contributed by atoms with Crippen molar-refractivity contribution in [2.45, 2.75) is 70.8 Å². The Labute approximate surface area is 181 Å². The number of carbonyl (C=O) groups is 2. The first-order valence-corrected chi connectivity index (χ1v) is 13.3. The van der Waals surface area contributed by atoms with Crippen LogP contribution in [-0.2, 0) is 14.8 Å². The molecule has 3 amide bonds. The Morgan fingerprint density at radius 2 is 1.47 bits per heavy atom. The van der Waals surface area contributed by atoms with Gasteiger partial charge in [-0.3, -0.25) is 4.79 Å². The van der Waals surface area contributed by atoms with Crippen LogP contribution in [0.3, 0.4) is 0 Å². The molecule has 3 rings (SSSR count). The minimum absolute atomic E-state index is 0.000377. The molecule has 0 spiro atoms.